The number of benzene rings is 1. The SMILES string of the molecule is O=S1(=O)CC[C@@H](c2nc(CCCc3ccccc3)no2)C1. The Hall–Kier alpha value is -1.69. The first-order valence-corrected chi connectivity index (χ1v) is 9.01. The Morgan fingerprint density at radius 2 is 2.00 bits per heavy atom. The molecule has 1 saturated heterocycles. The molecule has 2 heterocycles. The lowest BCUT2D eigenvalue weighted by molar-refractivity contribution is 0.356. The Morgan fingerprint density at radius 3 is 2.71 bits per heavy atom. The third-order valence-electron chi connectivity index (χ3n) is 3.77. The summed E-state index contributed by atoms with van der Waals surface area (Å²) in [5, 5.41) is 3.96. The third kappa shape index (κ3) is 3.69. The van der Waals surface area contributed by atoms with Crippen molar-refractivity contribution in [3.05, 3.63) is 47.6 Å². The molecule has 21 heavy (non-hydrogen) atoms. The molecule has 6 heteroatoms. The van der Waals surface area contributed by atoms with E-state index in [2.05, 4.69) is 22.3 Å². The van der Waals surface area contributed by atoms with Gasteiger partial charge in [-0.25, -0.2) is 8.42 Å². The van der Waals surface area contributed by atoms with Crippen molar-refractivity contribution >= 4 is 9.84 Å². The smallest absolute Gasteiger partial charge is 0.230 e. The zero-order valence-electron chi connectivity index (χ0n) is 11.7. The van der Waals surface area contributed by atoms with Crippen molar-refractivity contribution in [3.8, 4) is 0 Å². The van der Waals surface area contributed by atoms with E-state index in [4.69, 9.17) is 4.52 Å². The van der Waals surface area contributed by atoms with Crippen LogP contribution in [0.2, 0.25) is 0 Å². The van der Waals surface area contributed by atoms with Gasteiger partial charge in [0.1, 0.15) is 0 Å². The van der Waals surface area contributed by atoms with Gasteiger partial charge in [0.15, 0.2) is 15.7 Å². The first-order valence-electron chi connectivity index (χ1n) is 7.19. The fourth-order valence-corrected chi connectivity index (χ4v) is 4.35. The summed E-state index contributed by atoms with van der Waals surface area (Å²) in [4.78, 5) is 4.35. The molecule has 1 atom stereocenters. The monoisotopic (exact) mass is 306 g/mol. The van der Waals surface area contributed by atoms with Gasteiger partial charge < -0.3 is 4.52 Å². The zero-order chi connectivity index (χ0) is 14.7. The Kier molecular flexibility index (Phi) is 4.05. The van der Waals surface area contributed by atoms with Crippen molar-refractivity contribution in [2.24, 2.45) is 0 Å². The topological polar surface area (TPSA) is 73.1 Å². The van der Waals surface area contributed by atoms with Gasteiger partial charge in [0.25, 0.3) is 0 Å². The summed E-state index contributed by atoms with van der Waals surface area (Å²) in [5.41, 5.74) is 1.29. The van der Waals surface area contributed by atoms with E-state index in [0.717, 1.165) is 19.3 Å². The molecule has 5 nitrogen and oxygen atoms in total. The van der Waals surface area contributed by atoms with Crippen molar-refractivity contribution in [1.29, 1.82) is 0 Å². The first kappa shape index (κ1) is 14.3. The fourth-order valence-electron chi connectivity index (χ4n) is 2.62. The summed E-state index contributed by atoms with van der Waals surface area (Å²) in [5.74, 6) is 1.39. The summed E-state index contributed by atoms with van der Waals surface area (Å²) >= 11 is 0. The lowest BCUT2D eigenvalue weighted by Gasteiger charge is -1.99. The molecular formula is C15H18N2O3S. The van der Waals surface area contributed by atoms with Gasteiger partial charge in [0.05, 0.1) is 17.4 Å². The maximum absolute atomic E-state index is 11.5. The van der Waals surface area contributed by atoms with E-state index < -0.39 is 9.84 Å². The van der Waals surface area contributed by atoms with Crippen LogP contribution in [0.15, 0.2) is 34.9 Å². The predicted octanol–water partition coefficient (Wildman–Crippen LogP) is 2.15. The van der Waals surface area contributed by atoms with Gasteiger partial charge in [0.2, 0.25) is 5.89 Å². The van der Waals surface area contributed by atoms with Crippen molar-refractivity contribution < 1.29 is 12.9 Å². The van der Waals surface area contributed by atoms with Crippen LogP contribution in [0.25, 0.3) is 0 Å². The van der Waals surface area contributed by atoms with Crippen LogP contribution in [-0.4, -0.2) is 30.1 Å². The van der Waals surface area contributed by atoms with Crippen LogP contribution < -0.4 is 0 Å². The van der Waals surface area contributed by atoms with Gasteiger partial charge in [-0.15, -0.1) is 0 Å². The van der Waals surface area contributed by atoms with Crippen LogP contribution in [0.3, 0.4) is 0 Å². The Labute approximate surface area is 124 Å². The van der Waals surface area contributed by atoms with E-state index in [1.807, 2.05) is 18.2 Å². The molecule has 0 N–H and O–H groups in total. The van der Waals surface area contributed by atoms with E-state index in [1.165, 1.54) is 5.56 Å². The molecule has 1 aromatic carbocycles. The maximum Gasteiger partial charge on any atom is 0.230 e. The first-order chi connectivity index (χ1) is 10.1. The lowest BCUT2D eigenvalue weighted by Crippen LogP contribution is -2.04. The number of hydrogen-bond acceptors (Lipinski definition) is 5. The molecule has 0 bridgehead atoms. The highest BCUT2D eigenvalue weighted by Gasteiger charge is 2.32. The van der Waals surface area contributed by atoms with E-state index in [1.54, 1.807) is 0 Å². The minimum atomic E-state index is -2.92. The highest BCUT2D eigenvalue weighted by molar-refractivity contribution is 7.91. The summed E-state index contributed by atoms with van der Waals surface area (Å²) in [6.07, 6.45) is 3.26. The Morgan fingerprint density at radius 1 is 1.19 bits per heavy atom. The quantitative estimate of drug-likeness (QED) is 0.846. The minimum Gasteiger partial charge on any atom is -0.339 e. The summed E-state index contributed by atoms with van der Waals surface area (Å²) in [6.45, 7) is 0. The molecular weight excluding hydrogens is 288 g/mol. The predicted molar refractivity (Wildman–Crippen MR) is 78.8 cm³/mol. The van der Waals surface area contributed by atoms with Crippen molar-refractivity contribution in [3.63, 3.8) is 0 Å². The average Bonchev–Trinajstić information content (AvgIpc) is 3.06. The highest BCUT2D eigenvalue weighted by atomic mass is 32.2. The third-order valence-corrected chi connectivity index (χ3v) is 5.54. The molecule has 0 aliphatic carbocycles. The second kappa shape index (κ2) is 5.97. The molecule has 1 aliphatic heterocycles. The highest BCUT2D eigenvalue weighted by Crippen LogP contribution is 2.27. The van der Waals surface area contributed by atoms with Gasteiger partial charge >= 0.3 is 0 Å². The van der Waals surface area contributed by atoms with E-state index in [0.29, 0.717) is 18.1 Å². The van der Waals surface area contributed by atoms with Crippen LogP contribution in [0, 0.1) is 0 Å². The molecule has 0 unspecified atom stereocenters. The van der Waals surface area contributed by atoms with Crippen molar-refractivity contribution in [2.75, 3.05) is 11.5 Å². The second-order valence-electron chi connectivity index (χ2n) is 5.49. The number of sulfone groups is 1. The lowest BCUT2D eigenvalue weighted by atomic mass is 10.1. The van der Waals surface area contributed by atoms with Gasteiger partial charge in [-0.3, -0.25) is 0 Å². The van der Waals surface area contributed by atoms with E-state index >= 15 is 0 Å². The van der Waals surface area contributed by atoms with E-state index in [-0.39, 0.29) is 17.4 Å². The fraction of sp³-hybridized carbons (Fsp3) is 0.467. The summed E-state index contributed by atoms with van der Waals surface area (Å²) < 4.78 is 28.1. The van der Waals surface area contributed by atoms with E-state index in [9.17, 15) is 8.42 Å². The van der Waals surface area contributed by atoms with Gasteiger partial charge in [-0.05, 0) is 24.8 Å². The Bertz CT molecular complexity index is 695. The van der Waals surface area contributed by atoms with Crippen LogP contribution >= 0.6 is 0 Å². The number of hydrogen-bond donors (Lipinski definition) is 0. The van der Waals surface area contributed by atoms with Crippen LogP contribution in [0.4, 0.5) is 0 Å². The summed E-state index contributed by atoms with van der Waals surface area (Å²) in [7, 11) is -2.92. The molecule has 0 spiro atoms. The maximum atomic E-state index is 11.5. The molecule has 2 aromatic rings. The van der Waals surface area contributed by atoms with Crippen LogP contribution in [0.1, 0.15) is 36.0 Å². The average molecular weight is 306 g/mol. The minimum absolute atomic E-state index is 0.120. The number of rotatable bonds is 5. The largest absolute Gasteiger partial charge is 0.339 e. The summed E-state index contributed by atoms with van der Waals surface area (Å²) in [6, 6.07) is 10.3. The van der Waals surface area contributed by atoms with Gasteiger partial charge in [-0.1, -0.05) is 35.5 Å². The van der Waals surface area contributed by atoms with Gasteiger partial charge in [-0.2, -0.15) is 4.98 Å². The Balaban J connectivity index is 1.54. The van der Waals surface area contributed by atoms with Crippen molar-refractivity contribution in [1.82, 2.24) is 10.1 Å². The van der Waals surface area contributed by atoms with Crippen LogP contribution in [-0.2, 0) is 22.7 Å². The number of aryl methyl sites for hydroxylation is 2. The number of nitrogens with zero attached hydrogens (tertiary/aromatic N) is 2. The normalized spacial score (nSPS) is 20.7. The van der Waals surface area contributed by atoms with Crippen molar-refractivity contribution in [2.45, 2.75) is 31.6 Å². The number of aromatic nitrogens is 2. The standard InChI is InChI=1S/C15H18N2O3S/c18-21(19)10-9-13(11-21)15-16-14(17-20-15)8-4-7-12-5-2-1-3-6-12/h1-3,5-6,13H,4,7-11H2/t13-/m1/s1. The van der Waals surface area contributed by atoms with Crippen LogP contribution in [0.5, 0.6) is 0 Å². The molecule has 0 radical (unpaired) electrons. The van der Waals surface area contributed by atoms with Gasteiger partial charge in [0, 0.05) is 6.42 Å². The molecule has 1 aliphatic rings. The molecule has 112 valence electrons. The molecule has 0 amide bonds. The second-order valence-corrected chi connectivity index (χ2v) is 7.72. The molecule has 1 fully saturated rings. The molecule has 0 saturated carbocycles. The molecule has 1 aromatic heterocycles. The zero-order valence-corrected chi connectivity index (χ0v) is 12.6. The molecule has 3 rings (SSSR count).